The molecule has 2 aromatic carbocycles. The van der Waals surface area contributed by atoms with Gasteiger partial charge < -0.3 is 19.8 Å². The molecule has 6 heteroatoms. The zero-order chi connectivity index (χ0) is 20.3. The van der Waals surface area contributed by atoms with Crippen molar-refractivity contribution in [3.8, 4) is 11.5 Å². The Bertz CT molecular complexity index is 1090. The van der Waals surface area contributed by atoms with Gasteiger partial charge in [-0.05, 0) is 67.1 Å². The molecule has 3 aromatic rings. The van der Waals surface area contributed by atoms with Crippen molar-refractivity contribution in [2.24, 2.45) is 0 Å². The summed E-state index contributed by atoms with van der Waals surface area (Å²) < 4.78 is 10.5. The van der Waals surface area contributed by atoms with Crippen LogP contribution in [0.25, 0.3) is 10.9 Å². The van der Waals surface area contributed by atoms with Crippen LogP contribution in [0.3, 0.4) is 0 Å². The lowest BCUT2D eigenvalue weighted by Crippen LogP contribution is -2.27. The van der Waals surface area contributed by atoms with E-state index in [4.69, 9.17) is 9.47 Å². The average Bonchev–Trinajstić information content (AvgIpc) is 2.69. The minimum absolute atomic E-state index is 0.135. The first-order valence-corrected chi connectivity index (χ1v) is 9.07. The highest BCUT2D eigenvalue weighted by atomic mass is 16.5. The number of pyridine rings is 1. The number of carbonyl (C=O) groups excluding carboxylic acids is 1. The number of hydrogen-bond acceptors (Lipinski definition) is 4. The van der Waals surface area contributed by atoms with E-state index in [0.29, 0.717) is 35.6 Å². The van der Waals surface area contributed by atoms with E-state index in [-0.39, 0.29) is 11.5 Å². The minimum Gasteiger partial charge on any atom is -0.493 e. The third kappa shape index (κ3) is 3.86. The van der Waals surface area contributed by atoms with Gasteiger partial charge in [-0.3, -0.25) is 9.59 Å². The van der Waals surface area contributed by atoms with Crippen LogP contribution in [0, 0.1) is 13.8 Å². The molecule has 0 radical (unpaired) electrons. The van der Waals surface area contributed by atoms with E-state index >= 15 is 0 Å². The molecular formula is C22H24N2O4. The number of hydrogen-bond donors (Lipinski definition) is 2. The Labute approximate surface area is 163 Å². The number of aryl methyl sites for hydroxylation is 2. The second kappa shape index (κ2) is 8.17. The van der Waals surface area contributed by atoms with Crippen LogP contribution in [0.4, 0.5) is 0 Å². The summed E-state index contributed by atoms with van der Waals surface area (Å²) in [5, 5.41) is 3.83. The topological polar surface area (TPSA) is 80.4 Å². The first-order valence-electron chi connectivity index (χ1n) is 9.07. The molecule has 0 aliphatic rings. The molecule has 28 heavy (non-hydrogen) atoms. The molecule has 0 unspecified atom stereocenters. The SMILES string of the molecule is COc1cccc(C(=O)NCCc2cc3cc(C)c(C)cc3[nH]c2=O)c1OC. The van der Waals surface area contributed by atoms with Crippen molar-refractivity contribution in [2.45, 2.75) is 20.3 Å². The van der Waals surface area contributed by atoms with Gasteiger partial charge in [0, 0.05) is 17.6 Å². The van der Waals surface area contributed by atoms with E-state index in [0.717, 1.165) is 16.5 Å². The molecule has 0 saturated heterocycles. The molecule has 1 heterocycles. The summed E-state index contributed by atoms with van der Waals surface area (Å²) >= 11 is 0. The molecule has 2 N–H and O–H groups in total. The number of amides is 1. The number of aromatic nitrogens is 1. The van der Waals surface area contributed by atoms with Crippen molar-refractivity contribution < 1.29 is 14.3 Å². The van der Waals surface area contributed by atoms with Crippen molar-refractivity contribution in [3.63, 3.8) is 0 Å². The fraction of sp³-hybridized carbons (Fsp3) is 0.273. The van der Waals surface area contributed by atoms with Gasteiger partial charge in [0.05, 0.1) is 19.8 Å². The van der Waals surface area contributed by atoms with Crippen LogP contribution in [-0.2, 0) is 6.42 Å². The second-order valence-corrected chi connectivity index (χ2v) is 6.69. The summed E-state index contributed by atoms with van der Waals surface area (Å²) in [6.07, 6.45) is 0.427. The molecule has 146 valence electrons. The molecule has 1 amide bonds. The highest BCUT2D eigenvalue weighted by Crippen LogP contribution is 2.30. The largest absolute Gasteiger partial charge is 0.493 e. The molecule has 0 atom stereocenters. The maximum absolute atomic E-state index is 12.5. The Morgan fingerprint density at radius 1 is 1.07 bits per heavy atom. The van der Waals surface area contributed by atoms with E-state index in [9.17, 15) is 9.59 Å². The lowest BCUT2D eigenvalue weighted by molar-refractivity contribution is 0.0950. The number of rotatable bonds is 6. The third-order valence-corrected chi connectivity index (χ3v) is 4.86. The lowest BCUT2D eigenvalue weighted by atomic mass is 10.0. The number of methoxy groups -OCH3 is 2. The number of benzene rings is 2. The van der Waals surface area contributed by atoms with Gasteiger partial charge in [0.1, 0.15) is 0 Å². The van der Waals surface area contributed by atoms with Gasteiger partial charge in [-0.1, -0.05) is 6.07 Å². The van der Waals surface area contributed by atoms with Crippen LogP contribution in [0.1, 0.15) is 27.0 Å². The molecule has 0 aliphatic carbocycles. The molecule has 3 rings (SSSR count). The first kappa shape index (κ1) is 19.5. The minimum atomic E-state index is -0.278. The van der Waals surface area contributed by atoms with Crippen molar-refractivity contribution in [1.82, 2.24) is 10.3 Å². The van der Waals surface area contributed by atoms with Gasteiger partial charge in [-0.2, -0.15) is 0 Å². The first-order chi connectivity index (χ1) is 13.4. The van der Waals surface area contributed by atoms with Gasteiger partial charge in [0.2, 0.25) is 0 Å². The normalized spacial score (nSPS) is 10.7. The van der Waals surface area contributed by atoms with Crippen molar-refractivity contribution in [2.75, 3.05) is 20.8 Å². The van der Waals surface area contributed by atoms with Gasteiger partial charge in [0.25, 0.3) is 11.5 Å². The molecule has 0 aliphatic heterocycles. The van der Waals surface area contributed by atoms with Crippen LogP contribution in [0.5, 0.6) is 11.5 Å². The Morgan fingerprint density at radius 3 is 2.54 bits per heavy atom. The number of nitrogens with one attached hydrogen (secondary N) is 2. The summed E-state index contributed by atoms with van der Waals surface area (Å²) in [5.41, 5.74) is 4.01. The second-order valence-electron chi connectivity index (χ2n) is 6.69. The van der Waals surface area contributed by atoms with Gasteiger partial charge in [-0.25, -0.2) is 0 Å². The summed E-state index contributed by atoms with van der Waals surface area (Å²) in [5.74, 6) is 0.600. The molecule has 0 spiro atoms. The predicted octanol–water partition coefficient (Wildman–Crippen LogP) is 3.13. The zero-order valence-corrected chi connectivity index (χ0v) is 16.5. The van der Waals surface area contributed by atoms with Crippen molar-refractivity contribution in [1.29, 1.82) is 0 Å². The quantitative estimate of drug-likeness (QED) is 0.688. The van der Waals surface area contributed by atoms with Crippen LogP contribution in [0.2, 0.25) is 0 Å². The van der Waals surface area contributed by atoms with Gasteiger partial charge in [0.15, 0.2) is 11.5 Å². The molecule has 6 nitrogen and oxygen atoms in total. The van der Waals surface area contributed by atoms with E-state index < -0.39 is 0 Å². The molecular weight excluding hydrogens is 356 g/mol. The Hall–Kier alpha value is -3.28. The van der Waals surface area contributed by atoms with Crippen LogP contribution < -0.4 is 20.3 Å². The number of aromatic amines is 1. The summed E-state index contributed by atoms with van der Waals surface area (Å²) in [6, 6.07) is 11.1. The lowest BCUT2D eigenvalue weighted by Gasteiger charge is -2.12. The number of carbonyl (C=O) groups is 1. The summed E-state index contributed by atoms with van der Waals surface area (Å²) in [7, 11) is 3.02. The molecule has 0 fully saturated rings. The van der Waals surface area contributed by atoms with E-state index in [2.05, 4.69) is 16.4 Å². The van der Waals surface area contributed by atoms with Crippen LogP contribution >= 0.6 is 0 Å². The summed E-state index contributed by atoms with van der Waals surface area (Å²) in [6.45, 7) is 4.39. The predicted molar refractivity (Wildman–Crippen MR) is 110 cm³/mol. The Kier molecular flexibility index (Phi) is 5.68. The Morgan fingerprint density at radius 2 is 1.82 bits per heavy atom. The maximum Gasteiger partial charge on any atom is 0.255 e. The zero-order valence-electron chi connectivity index (χ0n) is 16.5. The van der Waals surface area contributed by atoms with Crippen LogP contribution in [-0.4, -0.2) is 31.7 Å². The smallest absolute Gasteiger partial charge is 0.255 e. The van der Waals surface area contributed by atoms with Gasteiger partial charge >= 0.3 is 0 Å². The number of para-hydroxylation sites is 1. The maximum atomic E-state index is 12.5. The fourth-order valence-electron chi connectivity index (χ4n) is 3.18. The third-order valence-electron chi connectivity index (χ3n) is 4.86. The van der Waals surface area contributed by atoms with Crippen molar-refractivity contribution in [3.05, 3.63) is 69.0 Å². The number of fused-ring (bicyclic) bond motifs is 1. The highest BCUT2D eigenvalue weighted by Gasteiger charge is 2.16. The van der Waals surface area contributed by atoms with Crippen LogP contribution in [0.15, 0.2) is 41.2 Å². The number of ether oxygens (including phenoxy) is 2. The monoisotopic (exact) mass is 380 g/mol. The van der Waals surface area contributed by atoms with Crippen molar-refractivity contribution >= 4 is 16.8 Å². The summed E-state index contributed by atoms with van der Waals surface area (Å²) in [4.78, 5) is 27.8. The molecule has 1 aromatic heterocycles. The fourth-order valence-corrected chi connectivity index (χ4v) is 3.18. The van der Waals surface area contributed by atoms with Gasteiger partial charge in [-0.15, -0.1) is 0 Å². The van der Waals surface area contributed by atoms with E-state index in [1.165, 1.54) is 19.8 Å². The molecule has 0 saturated carbocycles. The number of H-pyrrole nitrogens is 1. The standard InChI is InChI=1S/C22H24N2O4/c1-13-10-16-12-15(21(25)24-18(16)11-14(13)2)8-9-23-22(26)17-6-5-7-19(27-3)20(17)28-4/h5-7,10-12H,8-9H2,1-4H3,(H,23,26)(H,24,25). The van der Waals surface area contributed by atoms with E-state index in [1.807, 2.05) is 26.0 Å². The Balaban J connectivity index is 1.75. The van der Waals surface area contributed by atoms with E-state index in [1.54, 1.807) is 18.2 Å². The molecule has 0 bridgehead atoms. The highest BCUT2D eigenvalue weighted by molar-refractivity contribution is 5.97. The average molecular weight is 380 g/mol.